The van der Waals surface area contributed by atoms with Gasteiger partial charge in [-0.2, -0.15) is 13.2 Å². The lowest BCUT2D eigenvalue weighted by Gasteiger charge is -2.43. The first-order valence-electron chi connectivity index (χ1n) is 25.1. The number of sulfonamides is 1. The van der Waals surface area contributed by atoms with E-state index in [1.807, 2.05) is 47.2 Å². The van der Waals surface area contributed by atoms with Crippen molar-refractivity contribution in [3.8, 4) is 0 Å². The molecule has 4 aromatic carbocycles. The highest BCUT2D eigenvalue weighted by molar-refractivity contribution is 7.99. The van der Waals surface area contributed by atoms with Gasteiger partial charge in [-0.15, -0.1) is 11.8 Å². The van der Waals surface area contributed by atoms with E-state index < -0.39 is 47.1 Å². The average Bonchev–Trinajstić information content (AvgIpc) is 4.00. The second kappa shape index (κ2) is 22.4. The van der Waals surface area contributed by atoms with Crippen LogP contribution in [0, 0.1) is 11.3 Å². The minimum atomic E-state index is -6.05. The molecule has 3 aliphatic heterocycles. The fourth-order valence-corrected chi connectivity index (χ4v) is 14.5. The number of sulfone groups is 1. The predicted molar refractivity (Wildman–Crippen MR) is 281 cm³/mol. The zero-order valence-electron chi connectivity index (χ0n) is 40.7. The van der Waals surface area contributed by atoms with Gasteiger partial charge in [0.05, 0.1) is 10.6 Å². The van der Waals surface area contributed by atoms with Crippen LogP contribution in [0.25, 0.3) is 5.57 Å². The monoisotopic (exact) mass is 1070 g/mol. The Hall–Kier alpha value is -4.14. The summed E-state index contributed by atoms with van der Waals surface area (Å²) < 4.78 is 98.6. The molecule has 3 saturated heterocycles. The topological polar surface area (TPSA) is 134 Å². The third kappa shape index (κ3) is 12.7. The highest BCUT2D eigenvalue weighted by Crippen LogP contribution is 2.44. The zero-order valence-corrected chi connectivity index (χ0v) is 43.9. The number of nitrogens with zero attached hydrogens (tertiary/aromatic N) is 4. The maximum atomic E-state index is 14.3. The molecule has 388 valence electrons. The molecule has 0 spiro atoms. The number of benzene rings is 4. The molecule has 5 aliphatic rings. The number of allylic oxidation sites excluding steroid dienone is 1. The number of likely N-dealkylation sites (tertiary alicyclic amines) is 1. The van der Waals surface area contributed by atoms with Crippen LogP contribution >= 0.6 is 23.4 Å². The lowest BCUT2D eigenvalue weighted by Crippen LogP contribution is -2.49. The molecule has 72 heavy (non-hydrogen) atoms. The van der Waals surface area contributed by atoms with Crippen molar-refractivity contribution in [2.45, 2.75) is 84.1 Å². The summed E-state index contributed by atoms with van der Waals surface area (Å²) in [5.41, 5.74) is -0.938. The molecule has 19 heteroatoms. The van der Waals surface area contributed by atoms with E-state index in [2.05, 4.69) is 49.3 Å². The Morgan fingerprint density at radius 3 is 2.28 bits per heavy atom. The summed E-state index contributed by atoms with van der Waals surface area (Å²) in [5.74, 6) is 0.0377. The van der Waals surface area contributed by atoms with E-state index in [1.54, 1.807) is 12.1 Å². The van der Waals surface area contributed by atoms with E-state index in [-0.39, 0.29) is 16.7 Å². The van der Waals surface area contributed by atoms with Crippen molar-refractivity contribution in [2.75, 3.05) is 94.5 Å². The maximum absolute atomic E-state index is 14.3. The number of carbonyl (C=O) groups excluding carboxylic acids is 1. The van der Waals surface area contributed by atoms with Gasteiger partial charge in [0.25, 0.3) is 25.8 Å². The number of nitrogens with one attached hydrogen (secondary N) is 3. The molecular formula is C53H65ClF3N7O5S3. The Bertz CT molecular complexity index is 2790. The van der Waals surface area contributed by atoms with Crippen molar-refractivity contribution in [1.29, 1.82) is 0 Å². The molecule has 4 aromatic rings. The van der Waals surface area contributed by atoms with Crippen molar-refractivity contribution in [2.24, 2.45) is 11.3 Å². The van der Waals surface area contributed by atoms with E-state index in [0.717, 1.165) is 132 Å². The van der Waals surface area contributed by atoms with E-state index in [4.69, 9.17) is 11.6 Å². The van der Waals surface area contributed by atoms with Gasteiger partial charge in [0.1, 0.15) is 4.90 Å². The van der Waals surface area contributed by atoms with E-state index >= 15 is 0 Å². The Morgan fingerprint density at radius 1 is 0.889 bits per heavy atom. The number of amides is 1. The number of piperidine rings is 1. The molecule has 0 radical (unpaired) electrons. The van der Waals surface area contributed by atoms with Crippen LogP contribution in [-0.2, 0) is 19.9 Å². The van der Waals surface area contributed by atoms with Gasteiger partial charge in [0.15, 0.2) is 0 Å². The lowest BCUT2D eigenvalue weighted by atomic mass is 9.71. The molecule has 2 aliphatic carbocycles. The molecule has 4 atom stereocenters. The van der Waals surface area contributed by atoms with E-state index in [9.17, 15) is 34.8 Å². The van der Waals surface area contributed by atoms with Crippen LogP contribution in [0.2, 0.25) is 5.02 Å². The van der Waals surface area contributed by atoms with Crippen LogP contribution in [0.4, 0.5) is 24.5 Å². The van der Waals surface area contributed by atoms with Crippen molar-refractivity contribution < 1.29 is 34.8 Å². The normalized spacial score (nSPS) is 23.1. The fourth-order valence-electron chi connectivity index (χ4n) is 11.4. The number of carbonyl (C=O) groups is 1. The smallest absolute Gasteiger partial charge is 0.380 e. The summed E-state index contributed by atoms with van der Waals surface area (Å²) in [7, 11) is -10.9. The fraction of sp³-hybridized carbons (Fsp3) is 0.491. The Balaban J connectivity index is 0.850. The number of thioether (sulfide) groups is 1. The number of halogens is 4. The molecule has 0 aromatic heterocycles. The summed E-state index contributed by atoms with van der Waals surface area (Å²) in [6.45, 7) is 13.3. The molecular weight excluding hydrogens is 1000 g/mol. The first-order valence-corrected chi connectivity index (χ1v) is 29.4. The van der Waals surface area contributed by atoms with Crippen LogP contribution in [-0.4, -0.2) is 139 Å². The third-order valence-electron chi connectivity index (χ3n) is 15.3. The summed E-state index contributed by atoms with van der Waals surface area (Å²) in [4.78, 5) is 22.1. The maximum Gasteiger partial charge on any atom is 0.501 e. The highest BCUT2D eigenvalue weighted by atomic mass is 35.5. The SMILES string of the molecule is C[C@@]1(CN2CCNCC2)CCC(c2ccc(Cl)cc2)=C(CN2CCN(c3ccc(C(=O)NS(=O)(=O)c4ccc(N[C@H](CCN5CC6CCC5C6)CSc5ccccc5)c(S(=O)(=O)C(F)(F)F)c4)cc3)CC2)C1. The van der Waals surface area contributed by atoms with Crippen LogP contribution in [0.3, 0.4) is 0 Å². The first kappa shape index (κ1) is 52.7. The number of fused-ring (bicyclic) bond motifs is 2. The molecule has 2 bridgehead atoms. The van der Waals surface area contributed by atoms with Crippen LogP contribution in [0.15, 0.2) is 117 Å². The van der Waals surface area contributed by atoms with Crippen LogP contribution < -0.4 is 20.3 Å². The van der Waals surface area contributed by atoms with Crippen molar-refractivity contribution >= 4 is 66.1 Å². The number of hydrogen-bond acceptors (Lipinski definition) is 12. The summed E-state index contributed by atoms with van der Waals surface area (Å²) in [5, 5.41) is 7.25. The molecule has 2 unspecified atom stereocenters. The third-order valence-corrected chi connectivity index (χ3v) is 19.5. The second-order valence-corrected chi connectivity index (χ2v) is 25.7. The largest absolute Gasteiger partial charge is 0.501 e. The van der Waals surface area contributed by atoms with Gasteiger partial charge in [-0.1, -0.05) is 54.4 Å². The van der Waals surface area contributed by atoms with Crippen molar-refractivity contribution in [3.63, 3.8) is 0 Å². The minimum Gasteiger partial charge on any atom is -0.380 e. The Morgan fingerprint density at radius 2 is 1.61 bits per heavy atom. The lowest BCUT2D eigenvalue weighted by molar-refractivity contribution is -0.0435. The number of anilines is 2. The standard InChI is InChI=1S/C53H65ClF3N7O5S3/c1-52(37-62-25-22-58-23-26-62)21-19-48(39-8-12-42(54)13-9-39)41(33-52)35-61-27-29-63(30-28-61)44-15-10-40(11-16-44)51(65)60-72(68,69)47-17-18-49(50(32-47)71(66,67)53(55,56)57)59-43(36-70-46-5-3-2-4-6-46)20-24-64-34-38-7-14-45(64)31-38/h2-6,8-13,15-18,32,38,43,45,58-59H,7,14,19-31,33-37H2,1H3,(H,60,65)/t38?,43-,45?,52-/m1/s1. The first-order chi connectivity index (χ1) is 34.4. The number of hydrogen-bond donors (Lipinski definition) is 3. The zero-order chi connectivity index (χ0) is 50.7. The summed E-state index contributed by atoms with van der Waals surface area (Å²) in [6.07, 6.45) is 7.11. The molecule has 9 rings (SSSR count). The number of rotatable bonds is 18. The Labute approximate surface area is 432 Å². The predicted octanol–water partition coefficient (Wildman–Crippen LogP) is 8.87. The number of alkyl halides is 3. The average molecular weight is 1070 g/mol. The Kier molecular flexibility index (Phi) is 16.4. The number of piperazine rings is 2. The van der Waals surface area contributed by atoms with Gasteiger partial charge in [0.2, 0.25) is 0 Å². The van der Waals surface area contributed by atoms with Gasteiger partial charge in [-0.05, 0) is 134 Å². The van der Waals surface area contributed by atoms with Crippen LogP contribution in [0.5, 0.6) is 0 Å². The van der Waals surface area contributed by atoms with Gasteiger partial charge >= 0.3 is 5.51 Å². The molecule has 12 nitrogen and oxygen atoms in total. The van der Waals surface area contributed by atoms with Gasteiger partial charge in [0, 0.05) is 118 Å². The quantitative estimate of drug-likeness (QED) is 0.0823. The minimum absolute atomic E-state index is 0.00944. The summed E-state index contributed by atoms with van der Waals surface area (Å²) >= 11 is 7.78. The van der Waals surface area contributed by atoms with Gasteiger partial charge in [-0.25, -0.2) is 21.6 Å². The van der Waals surface area contributed by atoms with E-state index in [0.29, 0.717) is 36.7 Å². The second-order valence-electron chi connectivity index (χ2n) is 20.5. The molecule has 1 saturated carbocycles. The molecule has 3 heterocycles. The highest BCUT2D eigenvalue weighted by Gasteiger charge is 2.49. The molecule has 4 fully saturated rings. The molecule has 1 amide bonds. The molecule has 3 N–H and O–H groups in total. The van der Waals surface area contributed by atoms with Gasteiger partial charge < -0.3 is 25.3 Å². The van der Waals surface area contributed by atoms with Crippen molar-refractivity contribution in [1.82, 2.24) is 24.7 Å². The van der Waals surface area contributed by atoms with E-state index in [1.165, 1.54) is 47.0 Å². The van der Waals surface area contributed by atoms with Gasteiger partial charge in [-0.3, -0.25) is 9.69 Å². The van der Waals surface area contributed by atoms with Crippen LogP contribution in [0.1, 0.15) is 67.8 Å². The summed E-state index contributed by atoms with van der Waals surface area (Å²) in [6, 6.07) is 26.7. The van der Waals surface area contributed by atoms with Crippen molar-refractivity contribution in [3.05, 3.63) is 119 Å².